The molecule has 0 radical (unpaired) electrons. The van der Waals surface area contributed by atoms with Crippen LogP contribution in [0.15, 0.2) is 6.20 Å². The lowest BCUT2D eigenvalue weighted by Gasteiger charge is -1.94. The molecular weight excluding hydrogens is 170 g/mol. The first kappa shape index (κ1) is 7.76. The highest BCUT2D eigenvalue weighted by atomic mass is 32.1. The zero-order valence-corrected chi connectivity index (χ0v) is 7.98. The fraction of sp³-hybridized carbons (Fsp3) is 0.375. The van der Waals surface area contributed by atoms with E-state index in [1.807, 2.05) is 6.20 Å². The molecule has 0 aliphatic carbocycles. The number of thiazole rings is 1. The summed E-state index contributed by atoms with van der Waals surface area (Å²) in [5.74, 6) is 0. The molecule has 0 fully saturated rings. The second-order valence-corrected chi connectivity index (χ2v) is 3.89. The van der Waals surface area contributed by atoms with E-state index in [0.29, 0.717) is 6.54 Å². The second kappa shape index (κ2) is 2.57. The molecule has 0 spiro atoms. The van der Waals surface area contributed by atoms with Crippen LogP contribution >= 0.6 is 11.3 Å². The van der Waals surface area contributed by atoms with Crippen LogP contribution in [-0.2, 0) is 6.54 Å². The Labute approximate surface area is 74.8 Å². The van der Waals surface area contributed by atoms with E-state index in [4.69, 9.17) is 5.73 Å². The van der Waals surface area contributed by atoms with Crippen molar-refractivity contribution in [2.24, 2.45) is 5.73 Å². The molecule has 0 amide bonds. The number of rotatable bonds is 1. The van der Waals surface area contributed by atoms with Gasteiger partial charge in [0.15, 0.2) is 4.96 Å². The lowest BCUT2D eigenvalue weighted by atomic mass is 10.4. The maximum atomic E-state index is 5.59. The van der Waals surface area contributed by atoms with Gasteiger partial charge in [-0.25, -0.2) is 4.98 Å². The Balaban J connectivity index is 2.80. The number of nitrogens with two attached hydrogens (primary N) is 1. The lowest BCUT2D eigenvalue weighted by molar-refractivity contribution is 1.00. The number of aromatic nitrogens is 2. The minimum absolute atomic E-state index is 0.610. The van der Waals surface area contributed by atoms with Crippen LogP contribution in [0.2, 0.25) is 0 Å². The molecule has 2 rings (SSSR count). The van der Waals surface area contributed by atoms with E-state index in [2.05, 4.69) is 23.2 Å². The van der Waals surface area contributed by atoms with Crippen LogP contribution in [0.1, 0.15) is 16.3 Å². The molecule has 2 aromatic heterocycles. The molecule has 0 saturated heterocycles. The average Bonchev–Trinajstić information content (AvgIpc) is 2.55. The van der Waals surface area contributed by atoms with Crippen molar-refractivity contribution < 1.29 is 0 Å². The Kier molecular flexibility index (Phi) is 1.66. The van der Waals surface area contributed by atoms with E-state index in [-0.39, 0.29) is 0 Å². The maximum absolute atomic E-state index is 5.59. The molecule has 0 aliphatic rings. The smallest absolute Gasteiger partial charge is 0.194 e. The van der Waals surface area contributed by atoms with Crippen LogP contribution in [0.25, 0.3) is 4.96 Å². The van der Waals surface area contributed by atoms with Gasteiger partial charge in [0.2, 0.25) is 0 Å². The van der Waals surface area contributed by atoms with Gasteiger partial charge in [0.05, 0.1) is 0 Å². The zero-order valence-electron chi connectivity index (χ0n) is 7.16. The number of nitrogens with zero attached hydrogens (tertiary/aromatic N) is 2. The molecule has 2 aromatic rings. The van der Waals surface area contributed by atoms with Gasteiger partial charge < -0.3 is 5.73 Å². The molecule has 0 aliphatic heterocycles. The topological polar surface area (TPSA) is 43.3 Å². The number of hydrogen-bond acceptors (Lipinski definition) is 3. The van der Waals surface area contributed by atoms with Crippen molar-refractivity contribution >= 4 is 16.3 Å². The minimum Gasteiger partial charge on any atom is -0.326 e. The van der Waals surface area contributed by atoms with Crippen molar-refractivity contribution in [2.75, 3.05) is 0 Å². The Morgan fingerprint density at radius 2 is 2.33 bits per heavy atom. The van der Waals surface area contributed by atoms with E-state index in [0.717, 1.165) is 4.96 Å². The normalized spacial score (nSPS) is 11.2. The van der Waals surface area contributed by atoms with E-state index in [9.17, 15) is 0 Å². The summed E-state index contributed by atoms with van der Waals surface area (Å²) in [6, 6.07) is 0. The molecule has 64 valence electrons. The summed E-state index contributed by atoms with van der Waals surface area (Å²) in [6.07, 6.45) is 1.89. The van der Waals surface area contributed by atoms with Gasteiger partial charge in [-0.3, -0.25) is 4.40 Å². The molecule has 4 heteroatoms. The van der Waals surface area contributed by atoms with Crippen LogP contribution in [-0.4, -0.2) is 9.38 Å². The third kappa shape index (κ3) is 0.884. The van der Waals surface area contributed by atoms with E-state index >= 15 is 0 Å². The second-order valence-electron chi connectivity index (χ2n) is 2.83. The van der Waals surface area contributed by atoms with Crippen LogP contribution in [0.3, 0.4) is 0 Å². The highest BCUT2D eigenvalue weighted by Gasteiger charge is 2.08. The Bertz CT molecular complexity index is 413. The van der Waals surface area contributed by atoms with Crippen LogP contribution in [0.5, 0.6) is 0 Å². The fourth-order valence-corrected chi connectivity index (χ4v) is 2.41. The van der Waals surface area contributed by atoms with Gasteiger partial charge in [0.25, 0.3) is 0 Å². The summed E-state index contributed by atoms with van der Waals surface area (Å²) < 4.78 is 2.15. The molecular formula is C8H11N3S. The molecule has 0 saturated carbocycles. The number of fused-ring (bicyclic) bond motifs is 1. The Morgan fingerprint density at radius 3 is 2.92 bits per heavy atom. The molecule has 0 atom stereocenters. The quantitative estimate of drug-likeness (QED) is 0.724. The molecule has 3 nitrogen and oxygen atoms in total. The summed E-state index contributed by atoms with van der Waals surface area (Å²) >= 11 is 1.67. The zero-order chi connectivity index (χ0) is 8.72. The van der Waals surface area contributed by atoms with E-state index in [1.165, 1.54) is 16.3 Å². The van der Waals surface area contributed by atoms with Crippen molar-refractivity contribution in [2.45, 2.75) is 20.4 Å². The number of hydrogen-bond donors (Lipinski definition) is 1. The van der Waals surface area contributed by atoms with Crippen molar-refractivity contribution in [3.8, 4) is 0 Å². The Morgan fingerprint density at radius 1 is 1.58 bits per heavy atom. The highest BCUT2D eigenvalue weighted by molar-refractivity contribution is 7.17. The molecule has 0 aromatic carbocycles. The summed E-state index contributed by atoms with van der Waals surface area (Å²) in [4.78, 5) is 6.54. The van der Waals surface area contributed by atoms with E-state index < -0.39 is 0 Å². The first-order valence-electron chi connectivity index (χ1n) is 3.86. The standard InChI is InChI=1S/C8H11N3S/c1-5-4-10-8-11(5)6(2)7(3-9)12-8/h4H,3,9H2,1-2H3. The lowest BCUT2D eigenvalue weighted by Crippen LogP contribution is -1.97. The van der Waals surface area contributed by atoms with Gasteiger partial charge in [0.1, 0.15) is 0 Å². The molecule has 2 heterocycles. The van der Waals surface area contributed by atoms with Crippen molar-refractivity contribution in [1.82, 2.24) is 9.38 Å². The van der Waals surface area contributed by atoms with Gasteiger partial charge in [-0.05, 0) is 13.8 Å². The van der Waals surface area contributed by atoms with E-state index in [1.54, 1.807) is 11.3 Å². The van der Waals surface area contributed by atoms with Crippen LogP contribution < -0.4 is 5.73 Å². The first-order chi connectivity index (χ1) is 5.74. The summed E-state index contributed by atoms with van der Waals surface area (Å²) in [7, 11) is 0. The first-order valence-corrected chi connectivity index (χ1v) is 4.68. The van der Waals surface area contributed by atoms with Gasteiger partial charge in [-0.2, -0.15) is 0 Å². The third-order valence-electron chi connectivity index (χ3n) is 2.04. The van der Waals surface area contributed by atoms with Gasteiger partial charge >= 0.3 is 0 Å². The molecule has 2 N–H and O–H groups in total. The van der Waals surface area contributed by atoms with Crippen LogP contribution in [0, 0.1) is 13.8 Å². The van der Waals surface area contributed by atoms with Gasteiger partial charge in [-0.15, -0.1) is 0 Å². The summed E-state index contributed by atoms with van der Waals surface area (Å²) in [5, 5.41) is 0. The fourth-order valence-electron chi connectivity index (χ4n) is 1.39. The average molecular weight is 181 g/mol. The monoisotopic (exact) mass is 181 g/mol. The van der Waals surface area contributed by atoms with Crippen molar-refractivity contribution in [3.63, 3.8) is 0 Å². The third-order valence-corrected chi connectivity index (χ3v) is 3.22. The predicted molar refractivity (Wildman–Crippen MR) is 50.4 cm³/mol. The summed E-state index contributed by atoms with van der Waals surface area (Å²) in [6.45, 7) is 4.75. The minimum atomic E-state index is 0.610. The molecule has 0 bridgehead atoms. The largest absolute Gasteiger partial charge is 0.326 e. The highest BCUT2D eigenvalue weighted by Crippen LogP contribution is 2.22. The number of imidazole rings is 1. The van der Waals surface area contributed by atoms with Gasteiger partial charge in [0, 0.05) is 29.0 Å². The molecule has 0 unspecified atom stereocenters. The maximum Gasteiger partial charge on any atom is 0.194 e. The van der Waals surface area contributed by atoms with Gasteiger partial charge in [-0.1, -0.05) is 11.3 Å². The predicted octanol–water partition coefficient (Wildman–Crippen LogP) is 1.47. The van der Waals surface area contributed by atoms with Crippen LogP contribution in [0.4, 0.5) is 0 Å². The van der Waals surface area contributed by atoms with Crippen molar-refractivity contribution in [1.29, 1.82) is 0 Å². The Hall–Kier alpha value is -0.870. The summed E-state index contributed by atoms with van der Waals surface area (Å²) in [5.41, 5.74) is 8.00. The SMILES string of the molecule is Cc1cnc2sc(CN)c(C)n12. The number of aryl methyl sites for hydroxylation is 2. The van der Waals surface area contributed by atoms with Crippen molar-refractivity contribution in [3.05, 3.63) is 22.5 Å². The molecule has 12 heavy (non-hydrogen) atoms.